The molecular weight excluding hydrogens is 382 g/mol. The fourth-order valence-corrected chi connectivity index (χ4v) is 3.38. The summed E-state index contributed by atoms with van der Waals surface area (Å²) in [6, 6.07) is 11.4. The van der Waals surface area contributed by atoms with Gasteiger partial charge in [-0.25, -0.2) is 9.97 Å². The summed E-state index contributed by atoms with van der Waals surface area (Å²) >= 11 is 7.43. The summed E-state index contributed by atoms with van der Waals surface area (Å²) < 4.78 is 5.73. The van der Waals surface area contributed by atoms with E-state index in [2.05, 4.69) is 27.6 Å². The van der Waals surface area contributed by atoms with Crippen LogP contribution in [-0.4, -0.2) is 34.8 Å². The molecule has 0 bridgehead atoms. The van der Waals surface area contributed by atoms with Crippen molar-refractivity contribution in [2.45, 2.75) is 19.4 Å². The number of hydrogen-bond donors (Lipinski definition) is 2. The van der Waals surface area contributed by atoms with Crippen LogP contribution < -0.4 is 10.1 Å². The van der Waals surface area contributed by atoms with Crippen molar-refractivity contribution in [2.24, 2.45) is 0 Å². The molecule has 2 aromatic heterocycles. The molecule has 3 aromatic rings. The van der Waals surface area contributed by atoms with Gasteiger partial charge in [0.15, 0.2) is 0 Å². The fourth-order valence-electron chi connectivity index (χ4n) is 2.51. The van der Waals surface area contributed by atoms with Crippen LogP contribution in [0.4, 0.5) is 0 Å². The lowest BCUT2D eigenvalue weighted by molar-refractivity contribution is 0.171. The lowest BCUT2D eigenvalue weighted by Crippen LogP contribution is -2.26. The monoisotopic (exact) mass is 403 g/mol. The molecular formula is C20H22ClN3O2S. The number of pyridine rings is 1. The maximum absolute atomic E-state index is 10.1. The van der Waals surface area contributed by atoms with Crippen molar-refractivity contribution in [1.29, 1.82) is 0 Å². The maximum Gasteiger partial charge on any atom is 0.129 e. The van der Waals surface area contributed by atoms with Gasteiger partial charge in [0, 0.05) is 35.8 Å². The second-order valence-electron chi connectivity index (χ2n) is 5.99. The van der Waals surface area contributed by atoms with Crippen molar-refractivity contribution in [2.75, 3.05) is 19.7 Å². The molecule has 0 saturated carbocycles. The molecule has 27 heavy (non-hydrogen) atoms. The zero-order valence-electron chi connectivity index (χ0n) is 15.1. The van der Waals surface area contributed by atoms with Gasteiger partial charge in [0.1, 0.15) is 17.5 Å². The SMILES string of the molecule is CCc1nc(-c2ccc(OCCNC[C@H](O)c3ccc(Cl)nc3)cc2)cs1. The third-order valence-electron chi connectivity index (χ3n) is 4.02. The number of benzene rings is 1. The number of rotatable bonds is 9. The van der Waals surface area contributed by atoms with Crippen LogP contribution in [0.3, 0.4) is 0 Å². The molecule has 7 heteroatoms. The molecule has 0 spiro atoms. The molecule has 142 valence electrons. The van der Waals surface area contributed by atoms with Gasteiger partial charge in [0.25, 0.3) is 0 Å². The van der Waals surface area contributed by atoms with Gasteiger partial charge in [-0.3, -0.25) is 0 Å². The number of nitrogens with one attached hydrogen (secondary N) is 1. The summed E-state index contributed by atoms with van der Waals surface area (Å²) in [5.41, 5.74) is 2.84. The van der Waals surface area contributed by atoms with Gasteiger partial charge in [-0.1, -0.05) is 24.6 Å². The minimum Gasteiger partial charge on any atom is -0.492 e. The fraction of sp³-hybridized carbons (Fsp3) is 0.300. The van der Waals surface area contributed by atoms with Crippen molar-refractivity contribution in [1.82, 2.24) is 15.3 Å². The van der Waals surface area contributed by atoms with E-state index >= 15 is 0 Å². The molecule has 0 radical (unpaired) electrons. The molecule has 0 fully saturated rings. The topological polar surface area (TPSA) is 67.3 Å². The molecule has 0 unspecified atom stereocenters. The number of ether oxygens (including phenoxy) is 1. The molecule has 2 heterocycles. The Hall–Kier alpha value is -1.99. The van der Waals surface area contributed by atoms with Gasteiger partial charge in [0.05, 0.1) is 16.8 Å². The molecule has 5 nitrogen and oxygen atoms in total. The second-order valence-corrected chi connectivity index (χ2v) is 7.32. The number of halogens is 1. The lowest BCUT2D eigenvalue weighted by atomic mass is 10.1. The Kier molecular flexibility index (Phi) is 7.18. The largest absolute Gasteiger partial charge is 0.492 e. The molecule has 0 aliphatic rings. The van der Waals surface area contributed by atoms with Crippen molar-refractivity contribution in [3.8, 4) is 17.0 Å². The average molecular weight is 404 g/mol. The van der Waals surface area contributed by atoms with Gasteiger partial charge in [0.2, 0.25) is 0 Å². The van der Waals surface area contributed by atoms with Gasteiger partial charge in [-0.15, -0.1) is 11.3 Å². The summed E-state index contributed by atoms with van der Waals surface area (Å²) in [7, 11) is 0. The number of aromatic nitrogens is 2. The minimum atomic E-state index is -0.625. The smallest absolute Gasteiger partial charge is 0.129 e. The predicted octanol–water partition coefficient (Wildman–Crippen LogP) is 4.12. The second kappa shape index (κ2) is 9.80. The van der Waals surface area contributed by atoms with E-state index in [9.17, 15) is 5.11 Å². The van der Waals surface area contributed by atoms with Gasteiger partial charge >= 0.3 is 0 Å². The van der Waals surface area contributed by atoms with Crippen molar-refractivity contribution < 1.29 is 9.84 Å². The van der Waals surface area contributed by atoms with Gasteiger partial charge in [-0.2, -0.15) is 0 Å². The number of nitrogens with zero attached hydrogens (tertiary/aromatic N) is 2. The summed E-state index contributed by atoms with van der Waals surface area (Å²) in [6.45, 7) is 3.68. The molecule has 1 atom stereocenters. The highest BCUT2D eigenvalue weighted by Crippen LogP contribution is 2.24. The van der Waals surface area contributed by atoms with E-state index in [0.29, 0.717) is 24.8 Å². The summed E-state index contributed by atoms with van der Waals surface area (Å²) in [6.07, 6.45) is 1.92. The van der Waals surface area contributed by atoms with E-state index in [-0.39, 0.29) is 0 Å². The summed E-state index contributed by atoms with van der Waals surface area (Å²) in [5, 5.41) is 16.9. The zero-order valence-corrected chi connectivity index (χ0v) is 16.6. The van der Waals surface area contributed by atoms with E-state index in [0.717, 1.165) is 34.0 Å². The Morgan fingerprint density at radius 1 is 1.22 bits per heavy atom. The van der Waals surface area contributed by atoms with Crippen molar-refractivity contribution in [3.05, 3.63) is 63.7 Å². The Labute approximate surface area is 168 Å². The Morgan fingerprint density at radius 2 is 2.04 bits per heavy atom. The van der Waals surface area contributed by atoms with Crippen LogP contribution in [0.5, 0.6) is 5.75 Å². The third-order valence-corrected chi connectivity index (χ3v) is 5.24. The first-order chi connectivity index (χ1) is 13.2. The minimum absolute atomic E-state index is 0.416. The maximum atomic E-state index is 10.1. The standard InChI is InChI=1S/C20H22ClN3O2S/c1-2-20-24-17(13-27-20)14-3-6-16(7-4-14)26-10-9-22-12-18(25)15-5-8-19(21)23-11-15/h3-8,11,13,18,22,25H,2,9-10,12H2,1H3/t18-/m0/s1. The number of aryl methyl sites for hydroxylation is 1. The van der Waals surface area contributed by atoms with E-state index in [1.54, 1.807) is 29.7 Å². The lowest BCUT2D eigenvalue weighted by Gasteiger charge is -2.12. The molecule has 3 rings (SSSR count). The Balaban J connectivity index is 1.39. The van der Waals surface area contributed by atoms with Crippen LogP contribution >= 0.6 is 22.9 Å². The first kappa shape index (κ1) is 19.8. The van der Waals surface area contributed by atoms with E-state index in [4.69, 9.17) is 16.3 Å². The normalized spacial score (nSPS) is 12.1. The predicted molar refractivity (Wildman–Crippen MR) is 109 cm³/mol. The molecule has 0 aliphatic carbocycles. The Bertz CT molecular complexity index is 837. The average Bonchev–Trinajstić information content (AvgIpc) is 3.18. The van der Waals surface area contributed by atoms with E-state index in [1.165, 1.54) is 0 Å². The van der Waals surface area contributed by atoms with Crippen LogP contribution in [0.2, 0.25) is 5.15 Å². The van der Waals surface area contributed by atoms with Crippen molar-refractivity contribution >= 4 is 22.9 Å². The zero-order chi connectivity index (χ0) is 19.1. The van der Waals surface area contributed by atoms with Crippen molar-refractivity contribution in [3.63, 3.8) is 0 Å². The molecule has 1 aromatic carbocycles. The molecule has 0 aliphatic heterocycles. The molecule has 2 N–H and O–H groups in total. The number of aliphatic hydroxyl groups is 1. The van der Waals surface area contributed by atoms with Crippen LogP contribution in [0.25, 0.3) is 11.3 Å². The van der Waals surface area contributed by atoms with E-state index in [1.807, 2.05) is 24.3 Å². The van der Waals surface area contributed by atoms with Gasteiger partial charge < -0.3 is 15.2 Å². The van der Waals surface area contributed by atoms with E-state index < -0.39 is 6.10 Å². The van der Waals surface area contributed by atoms with Gasteiger partial charge in [-0.05, 0) is 36.8 Å². The number of hydrogen-bond acceptors (Lipinski definition) is 6. The highest BCUT2D eigenvalue weighted by molar-refractivity contribution is 7.09. The quantitative estimate of drug-likeness (QED) is 0.415. The third kappa shape index (κ3) is 5.74. The molecule has 0 amide bonds. The number of thiazole rings is 1. The summed E-state index contributed by atoms with van der Waals surface area (Å²) in [5.74, 6) is 0.814. The highest BCUT2D eigenvalue weighted by atomic mass is 35.5. The van der Waals surface area contributed by atoms with Crippen LogP contribution in [0.15, 0.2) is 48.0 Å². The van der Waals surface area contributed by atoms with Crippen LogP contribution in [0, 0.1) is 0 Å². The van der Waals surface area contributed by atoms with Crippen LogP contribution in [0.1, 0.15) is 23.6 Å². The van der Waals surface area contributed by atoms with Crippen LogP contribution in [-0.2, 0) is 6.42 Å². The Morgan fingerprint density at radius 3 is 2.70 bits per heavy atom. The first-order valence-corrected chi connectivity index (χ1v) is 10.1. The first-order valence-electron chi connectivity index (χ1n) is 8.83. The molecule has 0 saturated heterocycles. The summed E-state index contributed by atoms with van der Waals surface area (Å²) in [4.78, 5) is 8.56. The highest BCUT2D eigenvalue weighted by Gasteiger charge is 2.07. The number of aliphatic hydroxyl groups excluding tert-OH is 1.